The first-order valence-corrected chi connectivity index (χ1v) is 4.43. The van der Waals surface area contributed by atoms with Gasteiger partial charge in [-0.15, -0.1) is 0 Å². The van der Waals surface area contributed by atoms with Crippen molar-refractivity contribution in [2.45, 2.75) is 31.9 Å². The average molecular weight is 158 g/mol. The Hall–Kier alpha value is -0.120. The molecule has 1 aliphatic heterocycles. The highest BCUT2D eigenvalue weighted by Gasteiger charge is 2.23. The van der Waals surface area contributed by atoms with Gasteiger partial charge in [0.15, 0.2) is 0 Å². The highest BCUT2D eigenvalue weighted by atomic mass is 16.5. The topological polar surface area (TPSA) is 47.3 Å². The number of hydrogen-bond donors (Lipinski definition) is 2. The van der Waals surface area contributed by atoms with E-state index in [1.165, 1.54) is 6.42 Å². The third-order valence-electron chi connectivity index (χ3n) is 2.13. The minimum Gasteiger partial charge on any atom is -0.377 e. The van der Waals surface area contributed by atoms with Crippen molar-refractivity contribution in [3.05, 3.63) is 0 Å². The fourth-order valence-electron chi connectivity index (χ4n) is 1.55. The Morgan fingerprint density at radius 2 is 2.55 bits per heavy atom. The third-order valence-corrected chi connectivity index (χ3v) is 2.13. The van der Waals surface area contributed by atoms with Gasteiger partial charge in [0.25, 0.3) is 0 Å². The monoisotopic (exact) mass is 158 g/mol. The Bertz CT molecular complexity index is 102. The molecule has 0 bridgehead atoms. The molecule has 1 saturated heterocycles. The highest BCUT2D eigenvalue weighted by Crippen LogP contribution is 2.14. The van der Waals surface area contributed by atoms with Crippen LogP contribution in [0.3, 0.4) is 0 Å². The van der Waals surface area contributed by atoms with E-state index in [9.17, 15) is 0 Å². The van der Waals surface area contributed by atoms with Crippen LogP contribution < -0.4 is 11.1 Å². The quantitative estimate of drug-likeness (QED) is 0.610. The first kappa shape index (κ1) is 8.97. The maximum Gasteiger partial charge on any atom is 0.0741 e. The molecule has 1 aliphatic rings. The van der Waals surface area contributed by atoms with E-state index in [-0.39, 0.29) is 0 Å². The molecule has 3 heteroatoms. The summed E-state index contributed by atoms with van der Waals surface area (Å²) in [6.45, 7) is 4.66. The predicted octanol–water partition coefficient (Wildman–Crippen LogP) is 0.102. The summed E-state index contributed by atoms with van der Waals surface area (Å²) in [6, 6.07) is 0.363. The molecule has 3 nitrogen and oxygen atoms in total. The van der Waals surface area contributed by atoms with Gasteiger partial charge in [0.1, 0.15) is 0 Å². The summed E-state index contributed by atoms with van der Waals surface area (Å²) >= 11 is 0. The van der Waals surface area contributed by atoms with Crippen LogP contribution in [0.5, 0.6) is 0 Å². The molecule has 2 atom stereocenters. The van der Waals surface area contributed by atoms with Crippen LogP contribution in [0.15, 0.2) is 0 Å². The van der Waals surface area contributed by atoms with E-state index in [0.29, 0.717) is 18.7 Å². The van der Waals surface area contributed by atoms with Crippen molar-refractivity contribution in [3.63, 3.8) is 0 Å². The largest absolute Gasteiger partial charge is 0.377 e. The van der Waals surface area contributed by atoms with Crippen molar-refractivity contribution in [1.29, 1.82) is 0 Å². The molecular weight excluding hydrogens is 140 g/mol. The molecule has 0 aromatic carbocycles. The zero-order valence-electron chi connectivity index (χ0n) is 7.18. The second kappa shape index (κ2) is 4.70. The van der Waals surface area contributed by atoms with Gasteiger partial charge >= 0.3 is 0 Å². The first-order valence-electron chi connectivity index (χ1n) is 4.43. The van der Waals surface area contributed by atoms with E-state index in [1.807, 2.05) is 0 Å². The van der Waals surface area contributed by atoms with Crippen LogP contribution in [-0.4, -0.2) is 31.8 Å². The van der Waals surface area contributed by atoms with Crippen LogP contribution in [-0.2, 0) is 4.74 Å². The van der Waals surface area contributed by atoms with Crippen molar-refractivity contribution in [1.82, 2.24) is 5.32 Å². The summed E-state index contributed by atoms with van der Waals surface area (Å²) in [5.41, 5.74) is 5.60. The normalized spacial score (nSPS) is 27.3. The lowest BCUT2D eigenvalue weighted by Crippen LogP contribution is -2.44. The van der Waals surface area contributed by atoms with Crippen LogP contribution in [0, 0.1) is 0 Å². The average Bonchev–Trinajstić information content (AvgIpc) is 2.52. The predicted molar refractivity (Wildman–Crippen MR) is 45.5 cm³/mol. The molecule has 0 aliphatic carbocycles. The standard InChI is InChI=1S/C8H18N2O/c1-2-10-7(6-9)8-4-3-5-11-8/h7-8,10H,2-6,9H2,1H3. The fraction of sp³-hybridized carbons (Fsp3) is 1.00. The lowest BCUT2D eigenvalue weighted by molar-refractivity contribution is 0.0814. The lowest BCUT2D eigenvalue weighted by Gasteiger charge is -2.21. The second-order valence-corrected chi connectivity index (χ2v) is 2.95. The molecule has 1 fully saturated rings. The zero-order valence-corrected chi connectivity index (χ0v) is 7.18. The summed E-state index contributed by atoms with van der Waals surface area (Å²) in [6.07, 6.45) is 2.71. The molecule has 3 N–H and O–H groups in total. The molecule has 0 saturated carbocycles. The van der Waals surface area contributed by atoms with E-state index in [2.05, 4.69) is 12.2 Å². The number of hydrogen-bond acceptors (Lipinski definition) is 3. The van der Waals surface area contributed by atoms with Gasteiger partial charge in [-0.3, -0.25) is 0 Å². The molecule has 66 valence electrons. The van der Waals surface area contributed by atoms with Gasteiger partial charge in [-0.1, -0.05) is 6.92 Å². The Labute approximate surface area is 68.3 Å². The van der Waals surface area contributed by atoms with Crippen molar-refractivity contribution in [2.24, 2.45) is 5.73 Å². The van der Waals surface area contributed by atoms with Crippen LogP contribution in [0.4, 0.5) is 0 Å². The Balaban J connectivity index is 2.27. The van der Waals surface area contributed by atoms with Gasteiger partial charge in [0, 0.05) is 19.2 Å². The molecule has 0 aromatic heterocycles. The van der Waals surface area contributed by atoms with Gasteiger partial charge in [-0.2, -0.15) is 0 Å². The van der Waals surface area contributed by atoms with Gasteiger partial charge in [-0.05, 0) is 19.4 Å². The van der Waals surface area contributed by atoms with Crippen molar-refractivity contribution >= 4 is 0 Å². The minimum atomic E-state index is 0.361. The Morgan fingerprint density at radius 3 is 3.00 bits per heavy atom. The molecule has 1 rings (SSSR count). The summed E-state index contributed by atoms with van der Waals surface area (Å²) in [7, 11) is 0. The molecule has 1 heterocycles. The van der Waals surface area contributed by atoms with Crippen LogP contribution in [0.25, 0.3) is 0 Å². The van der Waals surface area contributed by atoms with Crippen molar-refractivity contribution < 1.29 is 4.74 Å². The first-order chi connectivity index (χ1) is 5.38. The van der Waals surface area contributed by atoms with Gasteiger partial charge in [0.05, 0.1) is 6.10 Å². The molecule has 0 radical (unpaired) electrons. The van der Waals surface area contributed by atoms with Gasteiger partial charge < -0.3 is 15.8 Å². The lowest BCUT2D eigenvalue weighted by atomic mass is 10.1. The second-order valence-electron chi connectivity index (χ2n) is 2.95. The van der Waals surface area contributed by atoms with Gasteiger partial charge in [-0.25, -0.2) is 0 Å². The molecule has 0 amide bonds. The summed E-state index contributed by atoms with van der Waals surface area (Å²) in [4.78, 5) is 0. The molecule has 2 unspecified atom stereocenters. The molecule has 0 aromatic rings. The Morgan fingerprint density at radius 1 is 1.73 bits per heavy atom. The van der Waals surface area contributed by atoms with E-state index in [4.69, 9.17) is 10.5 Å². The SMILES string of the molecule is CCNC(CN)C1CCCO1. The van der Waals surface area contributed by atoms with Crippen molar-refractivity contribution in [2.75, 3.05) is 19.7 Å². The summed E-state index contributed by atoms with van der Waals surface area (Å²) in [5, 5.41) is 3.32. The molecule has 11 heavy (non-hydrogen) atoms. The number of ether oxygens (including phenoxy) is 1. The minimum absolute atomic E-state index is 0.361. The maximum atomic E-state index is 5.60. The number of nitrogens with one attached hydrogen (secondary N) is 1. The van der Waals surface area contributed by atoms with Crippen LogP contribution in [0.2, 0.25) is 0 Å². The van der Waals surface area contributed by atoms with Crippen LogP contribution >= 0.6 is 0 Å². The summed E-state index contributed by atoms with van der Waals surface area (Å²) in [5.74, 6) is 0. The van der Waals surface area contributed by atoms with E-state index >= 15 is 0 Å². The molecule has 0 spiro atoms. The van der Waals surface area contributed by atoms with Crippen molar-refractivity contribution in [3.8, 4) is 0 Å². The number of likely N-dealkylation sites (N-methyl/N-ethyl adjacent to an activating group) is 1. The third kappa shape index (κ3) is 2.43. The van der Waals surface area contributed by atoms with E-state index in [0.717, 1.165) is 19.6 Å². The van der Waals surface area contributed by atoms with E-state index < -0.39 is 0 Å². The fourth-order valence-corrected chi connectivity index (χ4v) is 1.55. The number of nitrogens with two attached hydrogens (primary N) is 1. The zero-order chi connectivity index (χ0) is 8.10. The number of rotatable bonds is 4. The summed E-state index contributed by atoms with van der Waals surface area (Å²) < 4.78 is 5.52. The Kier molecular flexibility index (Phi) is 3.83. The smallest absolute Gasteiger partial charge is 0.0741 e. The van der Waals surface area contributed by atoms with Gasteiger partial charge in [0.2, 0.25) is 0 Å². The van der Waals surface area contributed by atoms with E-state index in [1.54, 1.807) is 0 Å². The van der Waals surface area contributed by atoms with Crippen LogP contribution in [0.1, 0.15) is 19.8 Å². The highest BCUT2D eigenvalue weighted by molar-refractivity contribution is 4.80. The maximum absolute atomic E-state index is 5.60. The molecular formula is C8H18N2O.